The number of aromatic nitrogens is 2. The first-order chi connectivity index (χ1) is 9.85. The predicted octanol–water partition coefficient (Wildman–Crippen LogP) is 1.03. The normalized spacial score (nSPS) is 17.9. The van der Waals surface area contributed by atoms with Gasteiger partial charge >= 0.3 is 0 Å². The number of H-pyrrole nitrogens is 1. The fourth-order valence-corrected chi connectivity index (χ4v) is 3.67. The molecule has 0 bridgehead atoms. The van der Waals surface area contributed by atoms with Gasteiger partial charge in [-0.25, -0.2) is 12.7 Å². The molecule has 1 aliphatic heterocycles. The summed E-state index contributed by atoms with van der Waals surface area (Å²) in [5.74, 6) is -0.102. The average molecular weight is 314 g/mol. The number of hydrogen-bond acceptors (Lipinski definition) is 4. The van der Waals surface area contributed by atoms with Gasteiger partial charge in [0.25, 0.3) is 0 Å². The number of hydrogen-bond donors (Lipinski definition) is 2. The first-order valence-electron chi connectivity index (χ1n) is 7.15. The van der Waals surface area contributed by atoms with Crippen LogP contribution in [0.3, 0.4) is 0 Å². The molecule has 0 saturated carbocycles. The maximum absolute atomic E-state index is 12.3. The zero-order chi connectivity index (χ0) is 15.6. The number of carbonyl (C=O) groups excluding carboxylic acids is 1. The molecule has 1 aromatic rings. The van der Waals surface area contributed by atoms with Crippen molar-refractivity contribution in [1.82, 2.24) is 14.5 Å². The minimum atomic E-state index is -3.15. The lowest BCUT2D eigenvalue weighted by atomic mass is 9.97. The predicted molar refractivity (Wildman–Crippen MR) is 80.4 cm³/mol. The van der Waals surface area contributed by atoms with E-state index in [1.807, 2.05) is 13.8 Å². The van der Waals surface area contributed by atoms with Gasteiger partial charge in [0.15, 0.2) is 0 Å². The Bertz CT molecular complexity index is 596. The number of rotatable bonds is 4. The summed E-state index contributed by atoms with van der Waals surface area (Å²) in [4.78, 5) is 12.3. The summed E-state index contributed by atoms with van der Waals surface area (Å²) < 4.78 is 25.1. The van der Waals surface area contributed by atoms with Crippen LogP contribution in [0.1, 0.15) is 31.2 Å². The molecule has 1 aliphatic rings. The Balaban J connectivity index is 1.95. The van der Waals surface area contributed by atoms with Gasteiger partial charge in [-0.3, -0.25) is 9.89 Å². The number of amides is 1. The van der Waals surface area contributed by atoms with E-state index in [9.17, 15) is 13.2 Å². The molecule has 0 aromatic carbocycles. The van der Waals surface area contributed by atoms with Crippen LogP contribution in [0.15, 0.2) is 0 Å². The van der Waals surface area contributed by atoms with E-state index in [2.05, 4.69) is 15.5 Å². The van der Waals surface area contributed by atoms with Crippen LogP contribution < -0.4 is 5.32 Å². The molecule has 0 atom stereocenters. The molecule has 8 heteroatoms. The van der Waals surface area contributed by atoms with Crippen molar-refractivity contribution in [2.45, 2.75) is 33.6 Å². The summed E-state index contributed by atoms with van der Waals surface area (Å²) >= 11 is 0. The van der Waals surface area contributed by atoms with Crippen molar-refractivity contribution in [2.75, 3.05) is 24.2 Å². The number of nitrogens with one attached hydrogen (secondary N) is 2. The Labute approximate surface area is 125 Å². The Morgan fingerprint density at radius 1 is 1.38 bits per heavy atom. The third-order valence-corrected chi connectivity index (χ3v) is 5.84. The van der Waals surface area contributed by atoms with Gasteiger partial charge in [-0.2, -0.15) is 5.10 Å². The zero-order valence-electron chi connectivity index (χ0n) is 12.6. The molecule has 2 heterocycles. The van der Waals surface area contributed by atoms with E-state index in [-0.39, 0.29) is 17.6 Å². The quantitative estimate of drug-likeness (QED) is 0.867. The molecular weight excluding hydrogens is 292 g/mol. The molecule has 118 valence electrons. The Kier molecular flexibility index (Phi) is 4.67. The van der Waals surface area contributed by atoms with E-state index in [1.54, 1.807) is 6.92 Å². The highest BCUT2D eigenvalue weighted by atomic mass is 32.2. The minimum absolute atomic E-state index is 0.0591. The topological polar surface area (TPSA) is 95.2 Å². The number of aromatic amines is 1. The number of piperidine rings is 1. The number of carbonyl (C=O) groups is 1. The first-order valence-corrected chi connectivity index (χ1v) is 8.76. The maximum atomic E-state index is 12.3. The molecule has 0 unspecified atom stereocenters. The van der Waals surface area contributed by atoms with Crippen molar-refractivity contribution in [3.8, 4) is 0 Å². The van der Waals surface area contributed by atoms with Crippen LogP contribution >= 0.6 is 0 Å². The fraction of sp³-hybridized carbons (Fsp3) is 0.692. The molecular formula is C13H22N4O3S. The second kappa shape index (κ2) is 6.15. The minimum Gasteiger partial charge on any atom is -0.323 e. The monoisotopic (exact) mass is 314 g/mol. The van der Waals surface area contributed by atoms with Crippen LogP contribution in [0, 0.1) is 19.8 Å². The molecule has 0 aliphatic carbocycles. The molecule has 1 saturated heterocycles. The molecule has 21 heavy (non-hydrogen) atoms. The Hall–Kier alpha value is -1.41. The number of nitrogens with zero attached hydrogens (tertiary/aromatic N) is 2. The summed E-state index contributed by atoms with van der Waals surface area (Å²) in [5.41, 5.74) is 2.31. The summed E-state index contributed by atoms with van der Waals surface area (Å²) in [6, 6.07) is 0. The van der Waals surface area contributed by atoms with Gasteiger partial charge in [-0.1, -0.05) is 0 Å². The molecule has 0 radical (unpaired) electrons. The molecule has 1 fully saturated rings. The van der Waals surface area contributed by atoms with Gasteiger partial charge in [-0.15, -0.1) is 0 Å². The lowest BCUT2D eigenvalue weighted by Gasteiger charge is -2.30. The summed E-state index contributed by atoms with van der Waals surface area (Å²) in [6.07, 6.45) is 1.11. The highest BCUT2D eigenvalue weighted by Crippen LogP contribution is 2.23. The Morgan fingerprint density at radius 2 is 2.00 bits per heavy atom. The second-order valence-corrected chi connectivity index (χ2v) is 7.63. The van der Waals surface area contributed by atoms with Crippen LogP contribution in [0.25, 0.3) is 0 Å². The van der Waals surface area contributed by atoms with E-state index >= 15 is 0 Å². The molecule has 1 amide bonds. The number of anilines is 1. The summed E-state index contributed by atoms with van der Waals surface area (Å²) in [6.45, 7) is 6.15. The number of sulfonamides is 1. The zero-order valence-corrected chi connectivity index (χ0v) is 13.5. The lowest BCUT2D eigenvalue weighted by molar-refractivity contribution is -0.120. The van der Waals surface area contributed by atoms with Gasteiger partial charge in [0.2, 0.25) is 15.9 Å². The summed E-state index contributed by atoms with van der Waals surface area (Å²) in [5, 5.41) is 9.77. The van der Waals surface area contributed by atoms with Crippen LogP contribution in [0.2, 0.25) is 0 Å². The number of aryl methyl sites for hydroxylation is 2. The third-order valence-electron chi connectivity index (χ3n) is 3.96. The summed E-state index contributed by atoms with van der Waals surface area (Å²) in [7, 11) is -3.15. The van der Waals surface area contributed by atoms with Crippen molar-refractivity contribution in [3.05, 3.63) is 11.4 Å². The lowest BCUT2D eigenvalue weighted by Crippen LogP contribution is -2.42. The van der Waals surface area contributed by atoms with E-state index in [1.165, 1.54) is 4.31 Å². The highest BCUT2D eigenvalue weighted by molar-refractivity contribution is 7.89. The van der Waals surface area contributed by atoms with Crippen molar-refractivity contribution >= 4 is 21.6 Å². The first kappa shape index (κ1) is 16.0. The third kappa shape index (κ3) is 3.44. The van der Waals surface area contributed by atoms with Gasteiger partial charge in [0.1, 0.15) is 0 Å². The molecule has 0 spiro atoms. The van der Waals surface area contributed by atoms with Crippen LogP contribution in [0.4, 0.5) is 5.69 Å². The van der Waals surface area contributed by atoms with E-state index in [0.717, 1.165) is 17.1 Å². The second-order valence-electron chi connectivity index (χ2n) is 5.37. The highest BCUT2D eigenvalue weighted by Gasteiger charge is 2.30. The van der Waals surface area contributed by atoms with Crippen molar-refractivity contribution in [3.63, 3.8) is 0 Å². The van der Waals surface area contributed by atoms with Crippen LogP contribution in [-0.2, 0) is 14.8 Å². The van der Waals surface area contributed by atoms with Crippen LogP contribution in [-0.4, -0.2) is 47.7 Å². The molecule has 1 aromatic heterocycles. The molecule has 2 rings (SSSR count). The van der Waals surface area contributed by atoms with Crippen molar-refractivity contribution < 1.29 is 13.2 Å². The van der Waals surface area contributed by atoms with Gasteiger partial charge in [0.05, 0.1) is 22.8 Å². The standard InChI is InChI=1S/C13H22N4O3S/c1-4-21(19,20)17-7-5-11(6-8-17)13(18)14-12-9(2)15-16-10(12)3/h11H,4-8H2,1-3H3,(H,14,18)(H,15,16). The average Bonchev–Trinajstić information content (AvgIpc) is 2.79. The van der Waals surface area contributed by atoms with Gasteiger partial charge < -0.3 is 5.32 Å². The van der Waals surface area contributed by atoms with Crippen molar-refractivity contribution in [2.24, 2.45) is 5.92 Å². The fourth-order valence-electron chi connectivity index (χ4n) is 2.54. The Morgan fingerprint density at radius 3 is 2.48 bits per heavy atom. The molecule has 2 N–H and O–H groups in total. The molecule has 7 nitrogen and oxygen atoms in total. The smallest absolute Gasteiger partial charge is 0.227 e. The van der Waals surface area contributed by atoms with Gasteiger partial charge in [0, 0.05) is 19.0 Å². The van der Waals surface area contributed by atoms with E-state index in [4.69, 9.17) is 0 Å². The van der Waals surface area contributed by atoms with Gasteiger partial charge in [-0.05, 0) is 33.6 Å². The van der Waals surface area contributed by atoms with Crippen LogP contribution in [0.5, 0.6) is 0 Å². The van der Waals surface area contributed by atoms with E-state index < -0.39 is 10.0 Å². The SMILES string of the molecule is CCS(=O)(=O)N1CCC(C(=O)Nc2c(C)n[nH]c2C)CC1. The largest absolute Gasteiger partial charge is 0.323 e. The maximum Gasteiger partial charge on any atom is 0.227 e. The van der Waals surface area contributed by atoms with E-state index in [0.29, 0.717) is 25.9 Å². The van der Waals surface area contributed by atoms with Crippen molar-refractivity contribution in [1.29, 1.82) is 0 Å².